The normalized spacial score (nSPS) is 10.1. The molecule has 0 atom stereocenters. The van der Waals surface area contributed by atoms with E-state index in [1.807, 2.05) is 30.3 Å². The number of amides is 1. The summed E-state index contributed by atoms with van der Waals surface area (Å²) in [6.45, 7) is -0.0166. The van der Waals surface area contributed by atoms with E-state index in [0.717, 1.165) is 5.56 Å². The van der Waals surface area contributed by atoms with Crippen molar-refractivity contribution in [1.82, 2.24) is 20.2 Å². The van der Waals surface area contributed by atoms with Crippen LogP contribution in [0.3, 0.4) is 0 Å². The van der Waals surface area contributed by atoms with Crippen LogP contribution in [0.25, 0.3) is 11.4 Å². The molecular weight excluding hydrogens is 194 g/mol. The minimum Gasteiger partial charge on any atom is -0.368 e. The van der Waals surface area contributed by atoms with Crippen LogP contribution in [-0.4, -0.2) is 26.1 Å². The Morgan fingerprint density at radius 3 is 2.73 bits per heavy atom. The Labute approximate surface area is 85.7 Å². The second kappa shape index (κ2) is 3.87. The van der Waals surface area contributed by atoms with E-state index in [1.54, 1.807) is 0 Å². The van der Waals surface area contributed by atoms with E-state index in [2.05, 4.69) is 15.5 Å². The van der Waals surface area contributed by atoms with Crippen molar-refractivity contribution in [2.24, 2.45) is 5.73 Å². The summed E-state index contributed by atoms with van der Waals surface area (Å²) in [7, 11) is 0. The van der Waals surface area contributed by atoms with Crippen molar-refractivity contribution in [2.75, 3.05) is 0 Å². The fourth-order valence-electron chi connectivity index (χ4n) is 1.25. The molecule has 1 heterocycles. The molecule has 1 amide bonds. The van der Waals surface area contributed by atoms with Gasteiger partial charge in [-0.3, -0.25) is 4.79 Å². The van der Waals surface area contributed by atoms with E-state index in [4.69, 9.17) is 5.73 Å². The predicted molar refractivity (Wildman–Crippen MR) is 52.4 cm³/mol. The summed E-state index contributed by atoms with van der Waals surface area (Å²) in [5.41, 5.74) is 5.93. The summed E-state index contributed by atoms with van der Waals surface area (Å²) < 4.78 is 1.37. The maximum absolute atomic E-state index is 10.8. The van der Waals surface area contributed by atoms with Crippen molar-refractivity contribution < 1.29 is 4.79 Å². The Morgan fingerprint density at radius 2 is 2.07 bits per heavy atom. The first-order valence-corrected chi connectivity index (χ1v) is 4.37. The van der Waals surface area contributed by atoms with E-state index in [0.29, 0.717) is 5.82 Å². The lowest BCUT2D eigenvalue weighted by Crippen LogP contribution is -2.20. The van der Waals surface area contributed by atoms with Crippen LogP contribution in [0.5, 0.6) is 0 Å². The highest BCUT2D eigenvalue weighted by molar-refractivity contribution is 5.74. The van der Waals surface area contributed by atoms with Crippen LogP contribution < -0.4 is 5.73 Å². The quantitative estimate of drug-likeness (QED) is 0.750. The first-order valence-electron chi connectivity index (χ1n) is 4.37. The Bertz CT molecular complexity index is 464. The molecule has 76 valence electrons. The topological polar surface area (TPSA) is 86.7 Å². The van der Waals surface area contributed by atoms with Crippen LogP contribution >= 0.6 is 0 Å². The van der Waals surface area contributed by atoms with Crippen molar-refractivity contribution in [3.8, 4) is 11.4 Å². The lowest BCUT2D eigenvalue weighted by atomic mass is 10.2. The average Bonchev–Trinajstić information content (AvgIpc) is 2.66. The second-order valence-electron chi connectivity index (χ2n) is 2.99. The SMILES string of the molecule is NC(=O)Cn1nnnc1-c1ccccc1. The van der Waals surface area contributed by atoms with Gasteiger partial charge >= 0.3 is 0 Å². The third kappa shape index (κ3) is 1.98. The first-order chi connectivity index (χ1) is 7.27. The largest absolute Gasteiger partial charge is 0.368 e. The van der Waals surface area contributed by atoms with Gasteiger partial charge < -0.3 is 5.73 Å². The molecule has 0 unspecified atom stereocenters. The Morgan fingerprint density at radius 1 is 1.33 bits per heavy atom. The minimum atomic E-state index is -0.473. The van der Waals surface area contributed by atoms with Crippen molar-refractivity contribution >= 4 is 5.91 Å². The molecule has 2 rings (SSSR count). The number of nitrogens with zero attached hydrogens (tertiary/aromatic N) is 4. The summed E-state index contributed by atoms with van der Waals surface area (Å²) in [6, 6.07) is 9.37. The second-order valence-corrected chi connectivity index (χ2v) is 2.99. The van der Waals surface area contributed by atoms with Gasteiger partial charge in [0, 0.05) is 5.56 Å². The summed E-state index contributed by atoms with van der Waals surface area (Å²) >= 11 is 0. The number of nitrogens with two attached hydrogens (primary N) is 1. The number of carbonyl (C=O) groups excluding carboxylic acids is 1. The summed E-state index contributed by atoms with van der Waals surface area (Å²) in [5, 5.41) is 11.0. The number of primary amides is 1. The highest BCUT2D eigenvalue weighted by atomic mass is 16.1. The number of benzene rings is 1. The molecule has 2 aromatic rings. The fourth-order valence-corrected chi connectivity index (χ4v) is 1.25. The predicted octanol–water partition coefficient (Wildman–Crippen LogP) is -0.175. The molecule has 0 aliphatic heterocycles. The van der Waals surface area contributed by atoms with Crippen LogP contribution in [0, 0.1) is 0 Å². The van der Waals surface area contributed by atoms with Gasteiger partial charge in [-0.2, -0.15) is 0 Å². The Kier molecular flexibility index (Phi) is 2.40. The minimum absolute atomic E-state index is 0.0166. The van der Waals surface area contributed by atoms with Crippen LogP contribution in [0.2, 0.25) is 0 Å². The van der Waals surface area contributed by atoms with Crippen LogP contribution in [-0.2, 0) is 11.3 Å². The lowest BCUT2D eigenvalue weighted by molar-refractivity contribution is -0.118. The average molecular weight is 203 g/mol. The maximum Gasteiger partial charge on any atom is 0.239 e. The van der Waals surface area contributed by atoms with Gasteiger partial charge in [-0.15, -0.1) is 5.10 Å². The van der Waals surface area contributed by atoms with Gasteiger partial charge in [-0.05, 0) is 10.4 Å². The number of aromatic nitrogens is 4. The number of rotatable bonds is 3. The molecule has 6 nitrogen and oxygen atoms in total. The molecule has 1 aromatic heterocycles. The molecule has 0 aliphatic carbocycles. The van der Waals surface area contributed by atoms with Gasteiger partial charge in [0.2, 0.25) is 5.91 Å². The van der Waals surface area contributed by atoms with Crippen LogP contribution in [0.15, 0.2) is 30.3 Å². The van der Waals surface area contributed by atoms with E-state index in [9.17, 15) is 4.79 Å². The molecule has 0 aliphatic rings. The molecule has 0 bridgehead atoms. The van der Waals surface area contributed by atoms with Crippen LogP contribution in [0.4, 0.5) is 0 Å². The molecule has 2 N–H and O–H groups in total. The monoisotopic (exact) mass is 203 g/mol. The molecule has 0 saturated carbocycles. The zero-order valence-electron chi connectivity index (χ0n) is 7.87. The third-order valence-corrected chi connectivity index (χ3v) is 1.87. The Balaban J connectivity index is 2.37. The molecule has 0 radical (unpaired) electrons. The number of hydrogen-bond acceptors (Lipinski definition) is 4. The number of tetrazole rings is 1. The molecule has 6 heteroatoms. The summed E-state index contributed by atoms with van der Waals surface area (Å²) in [6.07, 6.45) is 0. The molecule has 0 spiro atoms. The zero-order chi connectivity index (χ0) is 10.7. The standard InChI is InChI=1S/C9H9N5O/c10-8(15)6-14-9(11-12-13-14)7-4-2-1-3-5-7/h1-5H,6H2,(H2,10,15). The van der Waals surface area contributed by atoms with Gasteiger partial charge in [-0.25, -0.2) is 4.68 Å². The molecule has 15 heavy (non-hydrogen) atoms. The number of carbonyl (C=O) groups is 1. The van der Waals surface area contributed by atoms with E-state index < -0.39 is 5.91 Å². The summed E-state index contributed by atoms with van der Waals surface area (Å²) in [5.74, 6) is 0.0638. The van der Waals surface area contributed by atoms with Gasteiger partial charge in [0.05, 0.1) is 0 Å². The smallest absolute Gasteiger partial charge is 0.239 e. The van der Waals surface area contributed by atoms with Crippen LogP contribution in [0.1, 0.15) is 0 Å². The van der Waals surface area contributed by atoms with Crippen molar-refractivity contribution in [1.29, 1.82) is 0 Å². The van der Waals surface area contributed by atoms with Gasteiger partial charge in [0.15, 0.2) is 5.82 Å². The maximum atomic E-state index is 10.8. The van der Waals surface area contributed by atoms with Crippen molar-refractivity contribution in [2.45, 2.75) is 6.54 Å². The van der Waals surface area contributed by atoms with E-state index in [1.165, 1.54) is 4.68 Å². The highest BCUT2D eigenvalue weighted by Crippen LogP contribution is 2.13. The van der Waals surface area contributed by atoms with Crippen molar-refractivity contribution in [3.05, 3.63) is 30.3 Å². The van der Waals surface area contributed by atoms with Gasteiger partial charge in [0.25, 0.3) is 0 Å². The third-order valence-electron chi connectivity index (χ3n) is 1.87. The summed E-state index contributed by atoms with van der Waals surface area (Å²) in [4.78, 5) is 10.8. The van der Waals surface area contributed by atoms with Crippen molar-refractivity contribution in [3.63, 3.8) is 0 Å². The molecular formula is C9H9N5O. The molecule has 0 fully saturated rings. The lowest BCUT2D eigenvalue weighted by Gasteiger charge is -2.00. The fraction of sp³-hybridized carbons (Fsp3) is 0.111. The van der Waals surface area contributed by atoms with Gasteiger partial charge in [0.1, 0.15) is 6.54 Å². The number of hydrogen-bond donors (Lipinski definition) is 1. The zero-order valence-corrected chi connectivity index (χ0v) is 7.87. The Hall–Kier alpha value is -2.24. The molecule has 0 saturated heterocycles. The first kappa shape index (κ1) is 9.32. The van der Waals surface area contributed by atoms with Gasteiger partial charge in [-0.1, -0.05) is 30.3 Å². The molecule has 1 aromatic carbocycles. The van der Waals surface area contributed by atoms with E-state index >= 15 is 0 Å². The highest BCUT2D eigenvalue weighted by Gasteiger charge is 2.09. The van der Waals surface area contributed by atoms with E-state index in [-0.39, 0.29) is 6.54 Å².